The van der Waals surface area contributed by atoms with Gasteiger partial charge in [-0.25, -0.2) is 39.5 Å². The Hall–Kier alpha value is -3.09. The van der Waals surface area contributed by atoms with E-state index < -0.39 is 77.9 Å². The Morgan fingerprint density at radius 3 is 1.88 bits per heavy atom. The third kappa shape index (κ3) is 4.48. The molecule has 0 saturated heterocycles. The molecule has 1 aliphatic heterocycles. The van der Waals surface area contributed by atoms with Gasteiger partial charge in [-0.3, -0.25) is 4.79 Å². The van der Waals surface area contributed by atoms with E-state index in [1.54, 1.807) is 6.07 Å². The van der Waals surface area contributed by atoms with Gasteiger partial charge in [-0.15, -0.1) is 0 Å². The van der Waals surface area contributed by atoms with E-state index in [1.165, 1.54) is 24.3 Å². The van der Waals surface area contributed by atoms with Crippen LogP contribution in [0, 0.1) is 23.4 Å². The van der Waals surface area contributed by atoms with Crippen LogP contribution in [0.15, 0.2) is 35.4 Å². The minimum Gasteiger partial charge on any atom is -0.375 e. The quantitative estimate of drug-likeness (QED) is 0.418. The molecule has 0 bridgehead atoms. The van der Waals surface area contributed by atoms with Gasteiger partial charge >= 0.3 is 0 Å². The zero-order valence-corrected chi connectivity index (χ0v) is 17.1. The number of hydrogen-bond donors (Lipinski definition) is 0. The van der Waals surface area contributed by atoms with Crippen molar-refractivity contribution >= 4 is 17.3 Å². The van der Waals surface area contributed by atoms with Gasteiger partial charge in [0.15, 0.2) is 11.6 Å². The Balaban J connectivity index is 2.24. The van der Waals surface area contributed by atoms with Crippen LogP contribution < -0.4 is 5.01 Å². The number of amides is 1. The molecular weight excluding hydrogens is 483 g/mol. The van der Waals surface area contributed by atoms with Crippen LogP contribution in [0.5, 0.6) is 0 Å². The smallest absolute Gasteiger partial charge is 0.269 e. The van der Waals surface area contributed by atoms with Crippen molar-refractivity contribution in [2.24, 2.45) is 11.0 Å². The molecule has 184 valence electrons. The number of methoxy groups -OCH3 is 1. The Morgan fingerprint density at radius 2 is 1.44 bits per heavy atom. The third-order valence-electron chi connectivity index (χ3n) is 5.18. The molecule has 13 heteroatoms. The molecule has 1 amide bonds. The number of carbonyl (C=O) groups excluding carboxylic acids is 1. The summed E-state index contributed by atoms with van der Waals surface area (Å²) >= 11 is 0. The van der Waals surface area contributed by atoms with E-state index in [2.05, 4.69) is 9.84 Å². The zero-order chi connectivity index (χ0) is 25.3. The van der Waals surface area contributed by atoms with Crippen LogP contribution in [0.3, 0.4) is 0 Å². The minimum absolute atomic E-state index is 0.118. The van der Waals surface area contributed by atoms with E-state index >= 15 is 0 Å². The monoisotopic (exact) mass is 498 g/mol. The molecule has 34 heavy (non-hydrogen) atoms. The van der Waals surface area contributed by atoms with Crippen LogP contribution in [-0.4, -0.2) is 31.3 Å². The first-order valence-corrected chi connectivity index (χ1v) is 9.56. The third-order valence-corrected chi connectivity index (χ3v) is 5.18. The molecule has 0 spiro atoms. The van der Waals surface area contributed by atoms with Gasteiger partial charge in [0, 0.05) is 7.11 Å². The molecule has 0 saturated carbocycles. The number of alkyl halides is 6. The maximum absolute atomic E-state index is 14.8. The summed E-state index contributed by atoms with van der Waals surface area (Å²) in [6.45, 7) is 0. The van der Waals surface area contributed by atoms with E-state index in [4.69, 9.17) is 0 Å². The molecule has 0 N–H and O–H groups in total. The number of rotatable bonds is 8. The normalized spacial score (nSPS) is 17.3. The molecule has 2 aromatic carbocycles. The predicted octanol–water partition coefficient (Wildman–Crippen LogP) is 6.02. The number of hydrazone groups is 1. The number of carbonyl (C=O) groups is 1. The molecule has 1 aliphatic rings. The summed E-state index contributed by atoms with van der Waals surface area (Å²) in [4.78, 5) is 13.0. The van der Waals surface area contributed by atoms with Crippen molar-refractivity contribution in [2.45, 2.75) is 31.8 Å². The van der Waals surface area contributed by atoms with Crippen molar-refractivity contribution in [3.05, 3.63) is 64.5 Å². The average molecular weight is 498 g/mol. The molecular formula is C21H15F9N2O2. The number of anilines is 1. The van der Waals surface area contributed by atoms with Crippen molar-refractivity contribution in [2.75, 3.05) is 12.1 Å². The number of halogens is 9. The van der Waals surface area contributed by atoms with Crippen molar-refractivity contribution in [1.29, 1.82) is 0 Å². The Morgan fingerprint density at radius 1 is 0.912 bits per heavy atom. The standard InChI is InChI=1S/C21H15F9N2O2/c1-34-10(18(25)26)7-9-16(8-5-3-2-4-6-8)31-32(21(9)33)17-14(23)11(19(27)28)13(22)12(15(17)24)20(29)30/h2-6,9-10,18-20H,7H2,1H3. The second-order valence-corrected chi connectivity index (χ2v) is 7.12. The Bertz CT molecular complexity index is 1060. The number of hydrogen-bond acceptors (Lipinski definition) is 3. The number of benzene rings is 2. The van der Waals surface area contributed by atoms with E-state index in [0.29, 0.717) is 0 Å². The highest BCUT2D eigenvalue weighted by Gasteiger charge is 2.44. The van der Waals surface area contributed by atoms with Gasteiger partial charge in [-0.05, 0) is 12.0 Å². The Kier molecular flexibility index (Phi) is 7.54. The van der Waals surface area contributed by atoms with Crippen molar-refractivity contribution in [1.82, 2.24) is 0 Å². The highest BCUT2D eigenvalue weighted by Crippen LogP contribution is 2.42. The lowest BCUT2D eigenvalue weighted by Crippen LogP contribution is -2.34. The summed E-state index contributed by atoms with van der Waals surface area (Å²) in [6, 6.07) is 7.23. The maximum Gasteiger partial charge on any atom is 0.269 e. The molecule has 0 radical (unpaired) electrons. The molecule has 2 unspecified atom stereocenters. The van der Waals surface area contributed by atoms with Gasteiger partial charge in [0.25, 0.3) is 25.2 Å². The van der Waals surface area contributed by atoms with Crippen LogP contribution in [0.2, 0.25) is 0 Å². The largest absolute Gasteiger partial charge is 0.375 e. The van der Waals surface area contributed by atoms with Crippen molar-refractivity contribution in [3.8, 4) is 0 Å². The maximum atomic E-state index is 14.8. The molecule has 2 aromatic rings. The van der Waals surface area contributed by atoms with E-state index in [0.717, 1.165) is 7.11 Å². The molecule has 0 aliphatic carbocycles. The highest BCUT2D eigenvalue weighted by atomic mass is 19.3. The number of ether oxygens (including phenoxy) is 1. The summed E-state index contributed by atoms with van der Waals surface area (Å²) in [5, 5.41) is 3.58. The fraction of sp³-hybridized carbons (Fsp3) is 0.333. The van der Waals surface area contributed by atoms with E-state index in [-0.39, 0.29) is 16.3 Å². The molecule has 2 atom stereocenters. The van der Waals surface area contributed by atoms with Crippen LogP contribution in [-0.2, 0) is 9.53 Å². The van der Waals surface area contributed by atoms with Gasteiger partial charge in [0.2, 0.25) is 0 Å². The van der Waals surface area contributed by atoms with Crippen LogP contribution in [0.25, 0.3) is 0 Å². The zero-order valence-electron chi connectivity index (χ0n) is 17.1. The average Bonchev–Trinajstić information content (AvgIpc) is 3.07. The molecule has 0 fully saturated rings. The van der Waals surface area contributed by atoms with E-state index in [1.807, 2.05) is 0 Å². The first kappa shape index (κ1) is 25.5. The van der Waals surface area contributed by atoms with E-state index in [9.17, 15) is 44.3 Å². The SMILES string of the molecule is COC(CC1C(=O)N(c2c(F)c(C(F)F)c(F)c(C(F)F)c2F)N=C1c1ccccc1)C(F)F. The van der Waals surface area contributed by atoms with Crippen LogP contribution in [0.1, 0.15) is 36.0 Å². The first-order valence-electron chi connectivity index (χ1n) is 9.56. The van der Waals surface area contributed by atoms with Crippen molar-refractivity contribution < 1.29 is 49.0 Å². The summed E-state index contributed by atoms with van der Waals surface area (Å²) in [7, 11) is 0.927. The van der Waals surface area contributed by atoms with Gasteiger partial charge in [-0.2, -0.15) is 10.1 Å². The summed E-state index contributed by atoms with van der Waals surface area (Å²) in [6.07, 6.45) is -13.6. The van der Waals surface area contributed by atoms with Gasteiger partial charge < -0.3 is 4.74 Å². The summed E-state index contributed by atoms with van der Waals surface area (Å²) < 4.78 is 128. The molecule has 3 rings (SSSR count). The fourth-order valence-corrected chi connectivity index (χ4v) is 3.52. The topological polar surface area (TPSA) is 41.9 Å². The summed E-state index contributed by atoms with van der Waals surface area (Å²) in [5.74, 6) is -10.1. The number of nitrogens with zero attached hydrogens (tertiary/aromatic N) is 2. The predicted molar refractivity (Wildman–Crippen MR) is 102 cm³/mol. The second kappa shape index (κ2) is 10.0. The van der Waals surface area contributed by atoms with Crippen LogP contribution in [0.4, 0.5) is 45.2 Å². The molecule has 0 aromatic heterocycles. The summed E-state index contributed by atoms with van der Waals surface area (Å²) in [5.41, 5.74) is -6.28. The lowest BCUT2D eigenvalue weighted by molar-refractivity contribution is -0.121. The first-order chi connectivity index (χ1) is 16.0. The minimum atomic E-state index is -3.99. The van der Waals surface area contributed by atoms with Crippen LogP contribution >= 0.6 is 0 Å². The van der Waals surface area contributed by atoms with Gasteiger partial charge in [-0.1, -0.05) is 30.3 Å². The van der Waals surface area contributed by atoms with Gasteiger partial charge in [0.05, 0.1) is 22.8 Å². The molecule has 4 nitrogen and oxygen atoms in total. The van der Waals surface area contributed by atoms with Gasteiger partial charge in [0.1, 0.15) is 17.6 Å². The second-order valence-electron chi connectivity index (χ2n) is 7.12. The fourth-order valence-electron chi connectivity index (χ4n) is 3.52. The lowest BCUT2D eigenvalue weighted by atomic mass is 9.91. The molecule has 1 heterocycles. The lowest BCUT2D eigenvalue weighted by Gasteiger charge is -2.21. The Labute approximate surface area is 186 Å². The highest BCUT2D eigenvalue weighted by molar-refractivity contribution is 6.21. The van der Waals surface area contributed by atoms with Crippen molar-refractivity contribution in [3.63, 3.8) is 0 Å².